The molecule has 2 atom stereocenters. The van der Waals surface area contributed by atoms with Crippen molar-refractivity contribution in [2.75, 3.05) is 0 Å². The molecule has 0 saturated heterocycles. The minimum absolute atomic E-state index is 0.0777. The Kier molecular flexibility index (Phi) is 5.26. The van der Waals surface area contributed by atoms with Gasteiger partial charge in [0.1, 0.15) is 0 Å². The Morgan fingerprint density at radius 1 is 1.38 bits per heavy atom. The summed E-state index contributed by atoms with van der Waals surface area (Å²) >= 11 is 0. The van der Waals surface area contributed by atoms with Crippen LogP contribution in [0.4, 0.5) is 0 Å². The van der Waals surface area contributed by atoms with E-state index in [-0.39, 0.29) is 18.0 Å². The topological polar surface area (TPSA) is 55.1 Å². The highest BCUT2D eigenvalue weighted by Gasteiger charge is 2.30. The first kappa shape index (κ1) is 13.5. The highest BCUT2D eigenvalue weighted by molar-refractivity contribution is 5.76. The Hall–Kier alpha value is -0.570. The number of carbonyl (C=O) groups is 1. The summed E-state index contributed by atoms with van der Waals surface area (Å²) in [5.41, 5.74) is 5.94. The maximum Gasteiger partial charge on any atom is 0.221 e. The average Bonchev–Trinajstić information content (AvgIpc) is 3.01. The molecule has 3 N–H and O–H groups in total. The second-order valence-electron chi connectivity index (χ2n) is 5.14. The molecule has 1 saturated carbocycles. The van der Waals surface area contributed by atoms with Gasteiger partial charge in [-0.3, -0.25) is 4.79 Å². The molecule has 0 radical (unpaired) electrons. The van der Waals surface area contributed by atoms with Gasteiger partial charge in [0, 0.05) is 18.5 Å². The van der Waals surface area contributed by atoms with E-state index in [1.54, 1.807) is 0 Å². The van der Waals surface area contributed by atoms with Crippen LogP contribution in [0.1, 0.15) is 52.9 Å². The second kappa shape index (κ2) is 6.24. The molecule has 16 heavy (non-hydrogen) atoms. The summed E-state index contributed by atoms with van der Waals surface area (Å²) < 4.78 is 0. The molecule has 94 valence electrons. The van der Waals surface area contributed by atoms with E-state index in [4.69, 9.17) is 5.73 Å². The van der Waals surface area contributed by atoms with Crippen molar-refractivity contribution in [2.24, 2.45) is 17.6 Å². The van der Waals surface area contributed by atoms with E-state index >= 15 is 0 Å². The minimum Gasteiger partial charge on any atom is -0.353 e. The zero-order chi connectivity index (χ0) is 12.1. The van der Waals surface area contributed by atoms with Crippen molar-refractivity contribution in [2.45, 2.75) is 65.0 Å². The molecule has 0 aromatic carbocycles. The zero-order valence-corrected chi connectivity index (χ0v) is 10.8. The highest BCUT2D eigenvalue weighted by Crippen LogP contribution is 2.32. The van der Waals surface area contributed by atoms with Crippen LogP contribution in [0.2, 0.25) is 0 Å². The largest absolute Gasteiger partial charge is 0.353 e. The molecule has 3 nitrogen and oxygen atoms in total. The Balaban J connectivity index is 2.26. The highest BCUT2D eigenvalue weighted by atomic mass is 16.1. The summed E-state index contributed by atoms with van der Waals surface area (Å²) in [6.07, 6.45) is 5.14. The third-order valence-corrected chi connectivity index (χ3v) is 3.79. The molecule has 0 aliphatic heterocycles. The van der Waals surface area contributed by atoms with Gasteiger partial charge in [0.05, 0.1) is 0 Å². The lowest BCUT2D eigenvalue weighted by atomic mass is 9.95. The molecular weight excluding hydrogens is 200 g/mol. The van der Waals surface area contributed by atoms with Crippen LogP contribution >= 0.6 is 0 Å². The normalized spacial score (nSPS) is 19.6. The number of rotatable bonds is 7. The van der Waals surface area contributed by atoms with Crippen molar-refractivity contribution in [1.82, 2.24) is 5.32 Å². The summed E-state index contributed by atoms with van der Waals surface area (Å²) in [7, 11) is 0. The van der Waals surface area contributed by atoms with Crippen LogP contribution in [-0.4, -0.2) is 18.0 Å². The molecule has 0 heterocycles. The van der Waals surface area contributed by atoms with E-state index < -0.39 is 0 Å². The van der Waals surface area contributed by atoms with E-state index in [0.29, 0.717) is 18.3 Å². The lowest BCUT2D eigenvalue weighted by Crippen LogP contribution is -2.40. The number of hydrogen-bond acceptors (Lipinski definition) is 2. The molecule has 0 aromatic rings. The first-order valence-corrected chi connectivity index (χ1v) is 6.63. The van der Waals surface area contributed by atoms with Crippen LogP contribution in [0.5, 0.6) is 0 Å². The summed E-state index contributed by atoms with van der Waals surface area (Å²) in [6, 6.07) is 0.350. The van der Waals surface area contributed by atoms with Crippen molar-refractivity contribution in [3.8, 4) is 0 Å². The number of carbonyl (C=O) groups excluding carboxylic acids is 1. The molecule has 3 heteroatoms. The molecule has 1 amide bonds. The molecule has 1 fully saturated rings. The van der Waals surface area contributed by atoms with Gasteiger partial charge in [-0.2, -0.15) is 0 Å². The van der Waals surface area contributed by atoms with Crippen molar-refractivity contribution in [3.05, 3.63) is 0 Å². The molecule has 0 bridgehead atoms. The van der Waals surface area contributed by atoms with E-state index in [1.165, 1.54) is 12.8 Å². The fourth-order valence-electron chi connectivity index (χ4n) is 2.33. The van der Waals surface area contributed by atoms with Crippen molar-refractivity contribution >= 4 is 5.91 Å². The summed E-state index contributed by atoms with van der Waals surface area (Å²) in [5, 5.41) is 3.08. The SMILES string of the molecule is CCC(CC)C(C)NC(=O)CC(N)C1CC1. The smallest absolute Gasteiger partial charge is 0.221 e. The number of hydrogen-bond donors (Lipinski definition) is 2. The predicted molar refractivity (Wildman–Crippen MR) is 67.0 cm³/mol. The van der Waals surface area contributed by atoms with E-state index in [1.807, 2.05) is 0 Å². The third kappa shape index (κ3) is 4.12. The summed E-state index contributed by atoms with van der Waals surface area (Å²) in [6.45, 7) is 6.44. The van der Waals surface area contributed by atoms with E-state index in [9.17, 15) is 4.79 Å². The quantitative estimate of drug-likeness (QED) is 0.698. The van der Waals surface area contributed by atoms with Gasteiger partial charge in [-0.15, -0.1) is 0 Å². The van der Waals surface area contributed by atoms with Crippen LogP contribution in [-0.2, 0) is 4.79 Å². The zero-order valence-electron chi connectivity index (χ0n) is 10.8. The average molecular weight is 226 g/mol. The van der Waals surface area contributed by atoms with Crippen LogP contribution in [0.15, 0.2) is 0 Å². The van der Waals surface area contributed by atoms with Crippen molar-refractivity contribution < 1.29 is 4.79 Å². The van der Waals surface area contributed by atoms with Gasteiger partial charge < -0.3 is 11.1 Å². The Bertz CT molecular complexity index is 222. The minimum atomic E-state index is 0.0777. The maximum absolute atomic E-state index is 11.7. The maximum atomic E-state index is 11.7. The van der Waals surface area contributed by atoms with E-state index in [2.05, 4.69) is 26.1 Å². The van der Waals surface area contributed by atoms with Gasteiger partial charge in [0.25, 0.3) is 0 Å². The fourth-order valence-corrected chi connectivity index (χ4v) is 2.33. The number of nitrogens with one attached hydrogen (secondary N) is 1. The molecular formula is C13H26N2O. The van der Waals surface area contributed by atoms with Crippen LogP contribution < -0.4 is 11.1 Å². The molecule has 1 aliphatic rings. The second-order valence-corrected chi connectivity index (χ2v) is 5.14. The van der Waals surface area contributed by atoms with Crippen molar-refractivity contribution in [3.63, 3.8) is 0 Å². The monoisotopic (exact) mass is 226 g/mol. The number of nitrogens with two attached hydrogens (primary N) is 1. The summed E-state index contributed by atoms with van der Waals surface area (Å²) in [4.78, 5) is 11.7. The standard InChI is InChI=1S/C13H26N2O/c1-4-10(5-2)9(3)15-13(16)8-12(14)11-6-7-11/h9-12H,4-8,14H2,1-3H3,(H,15,16). The molecule has 1 rings (SSSR count). The fraction of sp³-hybridized carbons (Fsp3) is 0.923. The molecule has 0 spiro atoms. The Morgan fingerprint density at radius 2 is 1.94 bits per heavy atom. The first-order chi connectivity index (χ1) is 7.58. The Morgan fingerprint density at radius 3 is 2.38 bits per heavy atom. The van der Waals surface area contributed by atoms with Crippen LogP contribution in [0.25, 0.3) is 0 Å². The van der Waals surface area contributed by atoms with Crippen LogP contribution in [0, 0.1) is 11.8 Å². The Labute approximate surface area is 99.2 Å². The lowest BCUT2D eigenvalue weighted by Gasteiger charge is -2.23. The van der Waals surface area contributed by atoms with Gasteiger partial charge in [-0.1, -0.05) is 26.7 Å². The predicted octanol–water partition coefficient (Wildman–Crippen LogP) is 2.05. The molecule has 0 aromatic heterocycles. The van der Waals surface area contributed by atoms with Gasteiger partial charge in [-0.05, 0) is 31.6 Å². The van der Waals surface area contributed by atoms with Gasteiger partial charge in [0.2, 0.25) is 5.91 Å². The third-order valence-electron chi connectivity index (χ3n) is 3.79. The van der Waals surface area contributed by atoms with Gasteiger partial charge >= 0.3 is 0 Å². The van der Waals surface area contributed by atoms with Crippen molar-refractivity contribution in [1.29, 1.82) is 0 Å². The van der Waals surface area contributed by atoms with E-state index in [0.717, 1.165) is 12.8 Å². The molecule has 2 unspecified atom stereocenters. The summed E-state index contributed by atoms with van der Waals surface area (Å²) in [5.74, 6) is 1.31. The van der Waals surface area contributed by atoms with Gasteiger partial charge in [-0.25, -0.2) is 0 Å². The number of amides is 1. The first-order valence-electron chi connectivity index (χ1n) is 6.63. The lowest BCUT2D eigenvalue weighted by molar-refractivity contribution is -0.122. The molecule has 1 aliphatic carbocycles. The van der Waals surface area contributed by atoms with Gasteiger partial charge in [0.15, 0.2) is 0 Å². The van der Waals surface area contributed by atoms with Crippen LogP contribution in [0.3, 0.4) is 0 Å².